The minimum atomic E-state index is -0.443. The van der Waals surface area contributed by atoms with E-state index in [1.54, 1.807) is 7.05 Å². The second-order valence-electron chi connectivity index (χ2n) is 6.98. The highest BCUT2D eigenvalue weighted by molar-refractivity contribution is 14.0. The summed E-state index contributed by atoms with van der Waals surface area (Å²) in [6, 6.07) is 0. The van der Waals surface area contributed by atoms with Gasteiger partial charge < -0.3 is 15.5 Å². The van der Waals surface area contributed by atoms with E-state index >= 15 is 0 Å². The predicted octanol–water partition coefficient (Wildman–Crippen LogP) is 2.07. The van der Waals surface area contributed by atoms with Crippen LogP contribution in [0.5, 0.6) is 0 Å². The van der Waals surface area contributed by atoms with Gasteiger partial charge in [0.25, 0.3) is 0 Å². The molecule has 1 rings (SSSR count). The van der Waals surface area contributed by atoms with Gasteiger partial charge in [-0.25, -0.2) is 0 Å². The Morgan fingerprint density at radius 3 is 2.38 bits per heavy atom. The molecule has 1 saturated heterocycles. The van der Waals surface area contributed by atoms with Crippen molar-refractivity contribution in [1.29, 1.82) is 0 Å². The van der Waals surface area contributed by atoms with Crippen molar-refractivity contribution >= 4 is 35.8 Å². The molecule has 124 valence electrons. The SMILES string of the molecule is CCNC(=O)C(C)(C)CNC(=NC)N1CCC(C)(C)C1.I. The molecule has 1 amide bonds. The largest absolute Gasteiger partial charge is 0.356 e. The summed E-state index contributed by atoms with van der Waals surface area (Å²) in [4.78, 5) is 18.6. The van der Waals surface area contributed by atoms with Crippen molar-refractivity contribution in [3.8, 4) is 0 Å². The third-order valence-electron chi connectivity index (χ3n) is 3.83. The lowest BCUT2D eigenvalue weighted by atomic mass is 9.92. The highest BCUT2D eigenvalue weighted by atomic mass is 127. The van der Waals surface area contributed by atoms with Crippen molar-refractivity contribution in [2.24, 2.45) is 15.8 Å². The van der Waals surface area contributed by atoms with E-state index in [-0.39, 0.29) is 29.9 Å². The molecule has 0 unspecified atom stereocenters. The van der Waals surface area contributed by atoms with Crippen LogP contribution < -0.4 is 10.6 Å². The molecule has 2 N–H and O–H groups in total. The maximum Gasteiger partial charge on any atom is 0.227 e. The van der Waals surface area contributed by atoms with E-state index < -0.39 is 5.41 Å². The quantitative estimate of drug-likeness (QED) is 0.424. The van der Waals surface area contributed by atoms with Crippen molar-refractivity contribution < 1.29 is 4.79 Å². The van der Waals surface area contributed by atoms with Crippen LogP contribution in [0, 0.1) is 10.8 Å². The Kier molecular flexibility index (Phi) is 7.99. The first kappa shape index (κ1) is 20.5. The van der Waals surface area contributed by atoms with Crippen molar-refractivity contribution in [1.82, 2.24) is 15.5 Å². The number of hydrogen-bond acceptors (Lipinski definition) is 2. The number of carbonyl (C=O) groups excluding carboxylic acids is 1. The van der Waals surface area contributed by atoms with Crippen LogP contribution in [0.15, 0.2) is 4.99 Å². The summed E-state index contributed by atoms with van der Waals surface area (Å²) < 4.78 is 0. The van der Waals surface area contributed by atoms with Crippen LogP contribution in [0.1, 0.15) is 41.0 Å². The smallest absolute Gasteiger partial charge is 0.227 e. The molecule has 0 aliphatic carbocycles. The van der Waals surface area contributed by atoms with Gasteiger partial charge >= 0.3 is 0 Å². The highest BCUT2D eigenvalue weighted by Crippen LogP contribution is 2.28. The zero-order valence-electron chi connectivity index (χ0n) is 14.2. The number of amides is 1. The zero-order valence-corrected chi connectivity index (χ0v) is 16.6. The monoisotopic (exact) mass is 410 g/mol. The van der Waals surface area contributed by atoms with Crippen LogP contribution in [0.4, 0.5) is 0 Å². The molecule has 0 aromatic rings. The van der Waals surface area contributed by atoms with E-state index in [0.717, 1.165) is 19.0 Å². The fourth-order valence-corrected chi connectivity index (χ4v) is 2.41. The molecule has 0 spiro atoms. The van der Waals surface area contributed by atoms with Gasteiger partial charge in [0.15, 0.2) is 5.96 Å². The summed E-state index contributed by atoms with van der Waals surface area (Å²) in [5, 5.41) is 6.22. The number of nitrogens with zero attached hydrogens (tertiary/aromatic N) is 2. The molecule has 0 radical (unpaired) electrons. The number of nitrogens with one attached hydrogen (secondary N) is 2. The van der Waals surface area contributed by atoms with Crippen molar-refractivity contribution in [3.63, 3.8) is 0 Å². The van der Waals surface area contributed by atoms with E-state index in [1.165, 1.54) is 6.42 Å². The summed E-state index contributed by atoms with van der Waals surface area (Å²) in [5.41, 5.74) is -0.103. The highest BCUT2D eigenvalue weighted by Gasteiger charge is 2.32. The van der Waals surface area contributed by atoms with Crippen LogP contribution in [0.25, 0.3) is 0 Å². The van der Waals surface area contributed by atoms with E-state index in [9.17, 15) is 4.79 Å². The maximum atomic E-state index is 12.0. The Morgan fingerprint density at radius 2 is 1.95 bits per heavy atom. The summed E-state index contributed by atoms with van der Waals surface area (Å²) in [5.74, 6) is 0.970. The van der Waals surface area contributed by atoms with Gasteiger partial charge in [0, 0.05) is 33.2 Å². The lowest BCUT2D eigenvalue weighted by Crippen LogP contribution is -2.48. The standard InChI is InChI=1S/C15H30N4O.HI/c1-7-17-12(20)15(4,5)10-18-13(16-6)19-9-8-14(2,3)11-19;/h7-11H2,1-6H3,(H,16,18)(H,17,20);1H. The molecular formula is C15H31IN4O. The normalized spacial score (nSPS) is 18.2. The summed E-state index contributed by atoms with van der Waals surface area (Å²) in [6.45, 7) is 13.7. The van der Waals surface area contributed by atoms with Crippen molar-refractivity contribution in [3.05, 3.63) is 0 Å². The zero-order chi connectivity index (χ0) is 15.4. The molecule has 0 atom stereocenters. The first-order valence-corrected chi connectivity index (χ1v) is 7.46. The number of likely N-dealkylation sites (tertiary alicyclic amines) is 1. The molecule has 1 fully saturated rings. The molecule has 1 heterocycles. The predicted molar refractivity (Wildman–Crippen MR) is 99.2 cm³/mol. The second-order valence-corrected chi connectivity index (χ2v) is 6.98. The average Bonchev–Trinajstić information content (AvgIpc) is 2.70. The third-order valence-corrected chi connectivity index (χ3v) is 3.83. The van der Waals surface area contributed by atoms with Crippen LogP contribution >= 0.6 is 24.0 Å². The molecule has 5 nitrogen and oxygen atoms in total. The summed E-state index contributed by atoms with van der Waals surface area (Å²) in [6.07, 6.45) is 1.17. The van der Waals surface area contributed by atoms with Crippen LogP contribution in [0.2, 0.25) is 0 Å². The summed E-state index contributed by atoms with van der Waals surface area (Å²) in [7, 11) is 1.80. The lowest BCUT2D eigenvalue weighted by Gasteiger charge is -2.28. The van der Waals surface area contributed by atoms with Gasteiger partial charge in [-0.2, -0.15) is 0 Å². The van der Waals surface area contributed by atoms with E-state index in [2.05, 4.69) is 34.4 Å². The summed E-state index contributed by atoms with van der Waals surface area (Å²) >= 11 is 0. The molecule has 0 bridgehead atoms. The molecular weight excluding hydrogens is 379 g/mol. The molecule has 0 aromatic heterocycles. The Morgan fingerprint density at radius 1 is 1.33 bits per heavy atom. The number of rotatable bonds is 4. The molecule has 21 heavy (non-hydrogen) atoms. The number of carbonyl (C=O) groups is 1. The molecule has 1 aliphatic rings. The molecule has 6 heteroatoms. The number of hydrogen-bond donors (Lipinski definition) is 2. The van der Waals surface area contributed by atoms with E-state index in [1.807, 2.05) is 20.8 Å². The van der Waals surface area contributed by atoms with Gasteiger partial charge in [-0.3, -0.25) is 9.79 Å². The first-order valence-electron chi connectivity index (χ1n) is 7.46. The van der Waals surface area contributed by atoms with Crippen LogP contribution in [-0.4, -0.2) is 50.0 Å². The van der Waals surface area contributed by atoms with E-state index in [0.29, 0.717) is 18.5 Å². The molecule has 0 aromatic carbocycles. The minimum absolute atomic E-state index is 0. The third kappa shape index (κ3) is 6.00. The fourth-order valence-electron chi connectivity index (χ4n) is 2.41. The Hall–Kier alpha value is -0.530. The topological polar surface area (TPSA) is 56.7 Å². The van der Waals surface area contributed by atoms with Crippen LogP contribution in [0.3, 0.4) is 0 Å². The van der Waals surface area contributed by atoms with E-state index in [4.69, 9.17) is 0 Å². The minimum Gasteiger partial charge on any atom is -0.356 e. The number of guanidine groups is 1. The van der Waals surface area contributed by atoms with Gasteiger partial charge in [-0.1, -0.05) is 13.8 Å². The molecule has 1 aliphatic heterocycles. The number of aliphatic imine (C=N–C) groups is 1. The molecule has 0 saturated carbocycles. The Balaban J connectivity index is 0.00000400. The fraction of sp³-hybridized carbons (Fsp3) is 0.867. The van der Waals surface area contributed by atoms with Gasteiger partial charge in [0.2, 0.25) is 5.91 Å². The van der Waals surface area contributed by atoms with Crippen molar-refractivity contribution in [2.45, 2.75) is 41.0 Å². The first-order chi connectivity index (χ1) is 9.22. The lowest BCUT2D eigenvalue weighted by molar-refractivity contribution is -0.128. The van der Waals surface area contributed by atoms with Gasteiger partial charge in [-0.05, 0) is 32.6 Å². The van der Waals surface area contributed by atoms with Gasteiger partial charge in [0.05, 0.1) is 5.41 Å². The average molecular weight is 410 g/mol. The number of halogens is 1. The van der Waals surface area contributed by atoms with Crippen molar-refractivity contribution in [2.75, 3.05) is 33.2 Å². The Labute approximate surface area is 146 Å². The maximum absolute atomic E-state index is 12.0. The van der Waals surface area contributed by atoms with Gasteiger partial charge in [-0.15, -0.1) is 24.0 Å². The van der Waals surface area contributed by atoms with Gasteiger partial charge in [0.1, 0.15) is 0 Å². The Bertz CT molecular complexity index is 380. The van der Waals surface area contributed by atoms with Crippen LogP contribution in [-0.2, 0) is 4.79 Å². The second kappa shape index (κ2) is 8.19.